The maximum Gasteiger partial charge on any atom is 0.460 e. The highest BCUT2D eigenvalue weighted by atomic mass is 32.2. The summed E-state index contributed by atoms with van der Waals surface area (Å²) in [5, 5.41) is -1.31. The lowest BCUT2D eigenvalue weighted by atomic mass is 10.3. The smallest absolute Gasteiger partial charge is 0.277 e. The molecule has 0 radical (unpaired) electrons. The van der Waals surface area contributed by atoms with E-state index < -0.39 is 21.8 Å². The van der Waals surface area contributed by atoms with Crippen molar-refractivity contribution in [2.24, 2.45) is 4.99 Å². The van der Waals surface area contributed by atoms with E-state index in [4.69, 9.17) is 0 Å². The zero-order valence-electron chi connectivity index (χ0n) is 10.0. The minimum absolute atomic E-state index is 0.327. The van der Waals surface area contributed by atoms with Crippen molar-refractivity contribution < 1.29 is 18.0 Å². The number of fused-ring (bicyclic) bond motifs is 2. The second-order valence-corrected chi connectivity index (χ2v) is 6.00. The molecular weight excluding hydrogens is 287 g/mol. The molecule has 0 amide bonds. The second-order valence-electron chi connectivity index (χ2n) is 4.14. The van der Waals surface area contributed by atoms with Crippen molar-refractivity contribution in [3.8, 4) is 0 Å². The predicted octanol–water partition coefficient (Wildman–Crippen LogP) is 3.62. The Bertz CT molecular complexity index is 827. The quantitative estimate of drug-likeness (QED) is 0.683. The van der Waals surface area contributed by atoms with Crippen LogP contribution in [-0.2, 0) is 4.79 Å². The SMILES string of the molecule is O=C(S1=c2ccccc2=Nc2ccccc21)C(F)(F)F. The van der Waals surface area contributed by atoms with Crippen LogP contribution in [0.25, 0.3) is 0 Å². The first-order valence-corrected chi connectivity index (χ1v) is 6.96. The first-order chi connectivity index (χ1) is 9.48. The molecule has 6 heteroatoms. The van der Waals surface area contributed by atoms with Crippen LogP contribution in [0.2, 0.25) is 0 Å². The van der Waals surface area contributed by atoms with Crippen LogP contribution in [0.15, 0.2) is 58.4 Å². The molecule has 1 aliphatic heterocycles. The number of rotatable bonds is 0. The number of para-hydroxylation sites is 2. The van der Waals surface area contributed by atoms with Crippen molar-refractivity contribution >= 4 is 21.3 Å². The third-order valence-electron chi connectivity index (χ3n) is 2.83. The van der Waals surface area contributed by atoms with E-state index in [9.17, 15) is 18.0 Å². The second kappa shape index (κ2) is 4.56. The summed E-state index contributed by atoms with van der Waals surface area (Å²) < 4.78 is 38.9. The molecule has 2 nitrogen and oxygen atoms in total. The normalized spacial score (nSPS) is 16.9. The number of hydrogen-bond donors (Lipinski definition) is 0. The van der Waals surface area contributed by atoms with Gasteiger partial charge >= 0.3 is 6.18 Å². The third-order valence-corrected chi connectivity index (χ3v) is 5.00. The van der Waals surface area contributed by atoms with Crippen LogP contribution in [0.5, 0.6) is 0 Å². The molecule has 0 saturated carbocycles. The van der Waals surface area contributed by atoms with Crippen molar-refractivity contribution in [2.75, 3.05) is 0 Å². The van der Waals surface area contributed by atoms with Gasteiger partial charge in [0.15, 0.2) is 0 Å². The zero-order valence-corrected chi connectivity index (χ0v) is 10.8. The number of halogens is 3. The van der Waals surface area contributed by atoms with Gasteiger partial charge < -0.3 is 0 Å². The summed E-state index contributed by atoms with van der Waals surface area (Å²) in [6, 6.07) is 12.9. The average Bonchev–Trinajstić information content (AvgIpc) is 2.43. The molecule has 1 atom stereocenters. The van der Waals surface area contributed by atoms with Gasteiger partial charge in [0, 0.05) is 9.41 Å². The van der Waals surface area contributed by atoms with E-state index in [2.05, 4.69) is 4.99 Å². The molecule has 0 aliphatic carbocycles. The standard InChI is InChI=1S/C14H8F3NOS/c15-14(16,17)13(19)20-11-7-3-1-5-9(11)18-10-6-2-4-8-12(10)20/h1-8H. The van der Waals surface area contributed by atoms with E-state index in [0.29, 0.717) is 20.5 Å². The maximum absolute atomic E-state index is 12.8. The predicted molar refractivity (Wildman–Crippen MR) is 69.5 cm³/mol. The molecule has 2 aromatic carbocycles. The van der Waals surface area contributed by atoms with Crippen molar-refractivity contribution in [1.29, 1.82) is 0 Å². The van der Waals surface area contributed by atoms with Gasteiger partial charge in [-0.15, -0.1) is 0 Å². The minimum Gasteiger partial charge on any atom is -0.277 e. The molecule has 3 rings (SSSR count). The van der Waals surface area contributed by atoms with Gasteiger partial charge in [0.25, 0.3) is 5.12 Å². The molecule has 0 N–H and O–H groups in total. The lowest BCUT2D eigenvalue weighted by Gasteiger charge is -2.16. The van der Waals surface area contributed by atoms with Gasteiger partial charge in [-0.25, -0.2) is 4.99 Å². The van der Waals surface area contributed by atoms with Crippen LogP contribution < -0.4 is 5.36 Å². The number of carbonyl (C=O) groups excluding carboxylic acids is 1. The minimum atomic E-state index is -4.86. The van der Waals surface area contributed by atoms with Crippen LogP contribution in [0, 0.1) is 4.51 Å². The molecule has 0 saturated heterocycles. The fourth-order valence-corrected chi connectivity index (χ4v) is 3.95. The maximum atomic E-state index is 12.8. The number of alkyl halides is 3. The Morgan fingerprint density at radius 1 is 1.00 bits per heavy atom. The number of nitrogens with zero attached hydrogens (tertiary/aromatic N) is 1. The Labute approximate surface area is 114 Å². The van der Waals surface area contributed by atoms with E-state index in [0.717, 1.165) is 0 Å². The topological polar surface area (TPSA) is 29.4 Å². The number of carbonyl (C=O) groups is 1. The van der Waals surface area contributed by atoms with Gasteiger partial charge in [-0.1, -0.05) is 34.7 Å². The van der Waals surface area contributed by atoms with E-state index in [1.165, 1.54) is 12.1 Å². The highest BCUT2D eigenvalue weighted by molar-refractivity contribution is 8.23. The molecule has 0 bridgehead atoms. The highest BCUT2D eigenvalue weighted by Gasteiger charge is 2.42. The van der Waals surface area contributed by atoms with E-state index >= 15 is 0 Å². The molecule has 2 aromatic rings. The Morgan fingerprint density at radius 2 is 1.65 bits per heavy atom. The number of benzene rings is 2. The lowest BCUT2D eigenvalue weighted by Crippen LogP contribution is -2.22. The summed E-state index contributed by atoms with van der Waals surface area (Å²) in [5.74, 6) is 0. The van der Waals surface area contributed by atoms with E-state index in [1.807, 2.05) is 0 Å². The van der Waals surface area contributed by atoms with Crippen molar-refractivity contribution in [3.63, 3.8) is 0 Å². The van der Waals surface area contributed by atoms with Gasteiger partial charge in [0.2, 0.25) is 0 Å². The lowest BCUT2D eigenvalue weighted by molar-refractivity contribution is -0.160. The summed E-state index contributed by atoms with van der Waals surface area (Å²) in [6.45, 7) is 0. The third kappa shape index (κ3) is 2.06. The summed E-state index contributed by atoms with van der Waals surface area (Å²) in [6.07, 6.45) is -4.86. The van der Waals surface area contributed by atoms with Crippen LogP contribution >= 0.6 is 10.5 Å². The Hall–Kier alpha value is -1.95. The molecule has 102 valence electrons. The van der Waals surface area contributed by atoms with Crippen molar-refractivity contribution in [1.82, 2.24) is 0 Å². The summed E-state index contributed by atoms with van der Waals surface area (Å²) in [4.78, 5) is 16.4. The summed E-state index contributed by atoms with van der Waals surface area (Å²) >= 11 is 0. The summed E-state index contributed by atoms with van der Waals surface area (Å²) in [7, 11) is -1.67. The average molecular weight is 295 g/mol. The Balaban J connectivity index is 2.43. The molecule has 0 aromatic heterocycles. The summed E-state index contributed by atoms with van der Waals surface area (Å²) in [5.41, 5.74) is 0.423. The first-order valence-electron chi connectivity index (χ1n) is 5.74. The monoisotopic (exact) mass is 295 g/mol. The molecule has 0 fully saturated rings. The van der Waals surface area contributed by atoms with Crippen LogP contribution in [-0.4, -0.2) is 11.3 Å². The van der Waals surface area contributed by atoms with Gasteiger partial charge in [-0.05, 0) is 24.3 Å². The highest BCUT2D eigenvalue weighted by Crippen LogP contribution is 2.43. The molecule has 1 aliphatic rings. The van der Waals surface area contributed by atoms with Crippen molar-refractivity contribution in [3.05, 3.63) is 58.4 Å². The van der Waals surface area contributed by atoms with Crippen LogP contribution in [0.1, 0.15) is 0 Å². The van der Waals surface area contributed by atoms with Crippen molar-refractivity contribution in [2.45, 2.75) is 11.1 Å². The van der Waals surface area contributed by atoms with Gasteiger partial charge in [-0.3, -0.25) is 4.79 Å². The van der Waals surface area contributed by atoms with E-state index in [-0.39, 0.29) is 0 Å². The largest absolute Gasteiger partial charge is 0.460 e. The molecular formula is C14H8F3NOS. The zero-order chi connectivity index (χ0) is 14.3. The number of hydrogen-bond acceptors (Lipinski definition) is 2. The van der Waals surface area contributed by atoms with E-state index in [1.54, 1.807) is 36.4 Å². The van der Waals surface area contributed by atoms with Crippen LogP contribution in [0.4, 0.5) is 18.9 Å². The van der Waals surface area contributed by atoms with Gasteiger partial charge in [0.05, 0.1) is 11.0 Å². The first kappa shape index (κ1) is 13.1. The molecule has 1 heterocycles. The fraction of sp³-hybridized carbons (Fsp3) is 0.0714. The molecule has 1 unspecified atom stereocenters. The van der Waals surface area contributed by atoms with Gasteiger partial charge in [-0.2, -0.15) is 13.2 Å². The Morgan fingerprint density at radius 3 is 2.40 bits per heavy atom. The molecule has 0 spiro atoms. The fourth-order valence-electron chi connectivity index (χ4n) is 2.01. The Kier molecular flexibility index (Phi) is 2.97. The molecule has 20 heavy (non-hydrogen) atoms. The van der Waals surface area contributed by atoms with Gasteiger partial charge in [0.1, 0.15) is 0 Å². The van der Waals surface area contributed by atoms with Crippen LogP contribution in [0.3, 0.4) is 0 Å².